The number of rotatable bonds is 5. The van der Waals surface area contributed by atoms with Gasteiger partial charge in [0, 0.05) is 13.6 Å². The zero-order chi connectivity index (χ0) is 12.3. The van der Waals surface area contributed by atoms with Gasteiger partial charge in [-0.15, -0.1) is 0 Å². The molecule has 0 aromatic carbocycles. The van der Waals surface area contributed by atoms with Crippen LogP contribution in [0.25, 0.3) is 11.5 Å². The van der Waals surface area contributed by atoms with Gasteiger partial charge in [0.2, 0.25) is 0 Å². The lowest BCUT2D eigenvalue weighted by Gasteiger charge is -2.06. The minimum absolute atomic E-state index is 0.627. The summed E-state index contributed by atoms with van der Waals surface area (Å²) in [6.07, 6.45) is 5.02. The van der Waals surface area contributed by atoms with Gasteiger partial charge in [0.15, 0.2) is 12.2 Å². The van der Waals surface area contributed by atoms with Crippen molar-refractivity contribution in [3.63, 3.8) is 0 Å². The zero-order valence-corrected chi connectivity index (χ0v) is 10.5. The molecule has 5 heteroatoms. The van der Waals surface area contributed by atoms with Crippen molar-refractivity contribution in [3.05, 3.63) is 24.6 Å². The molecule has 2 aromatic rings. The van der Waals surface area contributed by atoms with Gasteiger partial charge in [-0.25, -0.2) is 9.97 Å². The van der Waals surface area contributed by atoms with Gasteiger partial charge in [0.1, 0.15) is 11.4 Å². The minimum atomic E-state index is 0.627. The number of nitrogens with one attached hydrogen (secondary N) is 1. The molecule has 0 bridgehead atoms. The van der Waals surface area contributed by atoms with Gasteiger partial charge in [-0.1, -0.05) is 13.8 Å². The Morgan fingerprint density at radius 3 is 2.94 bits per heavy atom. The van der Waals surface area contributed by atoms with Gasteiger partial charge >= 0.3 is 0 Å². The molecule has 0 unspecified atom stereocenters. The van der Waals surface area contributed by atoms with Crippen LogP contribution in [0.15, 0.2) is 23.3 Å². The van der Waals surface area contributed by atoms with Crippen LogP contribution in [0.5, 0.6) is 0 Å². The second kappa shape index (κ2) is 5.14. The van der Waals surface area contributed by atoms with Crippen LogP contribution >= 0.6 is 0 Å². The van der Waals surface area contributed by atoms with Gasteiger partial charge in [0.05, 0.1) is 12.5 Å². The number of imidazole rings is 1. The van der Waals surface area contributed by atoms with E-state index in [2.05, 4.69) is 29.1 Å². The van der Waals surface area contributed by atoms with Crippen molar-refractivity contribution < 1.29 is 4.42 Å². The van der Waals surface area contributed by atoms with Crippen LogP contribution in [0.4, 0.5) is 0 Å². The Morgan fingerprint density at radius 2 is 2.29 bits per heavy atom. The van der Waals surface area contributed by atoms with E-state index in [0.717, 1.165) is 30.2 Å². The van der Waals surface area contributed by atoms with Crippen molar-refractivity contribution in [1.29, 1.82) is 0 Å². The van der Waals surface area contributed by atoms with Crippen LogP contribution in [-0.4, -0.2) is 21.1 Å². The van der Waals surface area contributed by atoms with E-state index < -0.39 is 0 Å². The van der Waals surface area contributed by atoms with Gasteiger partial charge in [0.25, 0.3) is 0 Å². The highest BCUT2D eigenvalue weighted by molar-refractivity contribution is 5.54. The molecule has 0 aliphatic carbocycles. The molecule has 0 atom stereocenters. The lowest BCUT2D eigenvalue weighted by molar-refractivity contribution is 0.543. The van der Waals surface area contributed by atoms with E-state index in [4.69, 9.17) is 4.42 Å². The molecule has 2 aromatic heterocycles. The van der Waals surface area contributed by atoms with Crippen molar-refractivity contribution in [3.8, 4) is 11.5 Å². The molecule has 2 heterocycles. The molecule has 0 spiro atoms. The van der Waals surface area contributed by atoms with E-state index in [1.54, 1.807) is 12.5 Å². The zero-order valence-electron chi connectivity index (χ0n) is 10.5. The standard InChI is InChI=1S/C12H18N4O/c1-9(2)4-13-5-10-12(17-8-15-10)11-6-14-7-16(11)3/h6-9,13H,4-5H2,1-3H3. The molecule has 0 aliphatic rings. The summed E-state index contributed by atoms with van der Waals surface area (Å²) in [5, 5.41) is 3.36. The average Bonchev–Trinajstić information content (AvgIpc) is 2.86. The first kappa shape index (κ1) is 11.9. The predicted octanol–water partition coefficient (Wildman–Crippen LogP) is 1.82. The van der Waals surface area contributed by atoms with Crippen molar-refractivity contribution in [2.75, 3.05) is 6.54 Å². The predicted molar refractivity (Wildman–Crippen MR) is 65.2 cm³/mol. The SMILES string of the molecule is CC(C)CNCc1ncoc1-c1cncn1C. The first-order valence-electron chi connectivity index (χ1n) is 5.78. The maximum Gasteiger partial charge on any atom is 0.181 e. The highest BCUT2D eigenvalue weighted by Gasteiger charge is 2.13. The third-order valence-corrected chi connectivity index (χ3v) is 2.54. The molecule has 1 N–H and O–H groups in total. The molecule has 0 aliphatic heterocycles. The van der Waals surface area contributed by atoms with Crippen molar-refractivity contribution >= 4 is 0 Å². The maximum atomic E-state index is 5.44. The molecule has 5 nitrogen and oxygen atoms in total. The van der Waals surface area contributed by atoms with Crippen LogP contribution in [0.2, 0.25) is 0 Å². The number of aryl methyl sites for hydroxylation is 1. The Labute approximate surface area is 101 Å². The summed E-state index contributed by atoms with van der Waals surface area (Å²) in [6, 6.07) is 0. The van der Waals surface area contributed by atoms with Crippen LogP contribution in [-0.2, 0) is 13.6 Å². The summed E-state index contributed by atoms with van der Waals surface area (Å²) >= 11 is 0. The van der Waals surface area contributed by atoms with Crippen LogP contribution in [0.3, 0.4) is 0 Å². The third-order valence-electron chi connectivity index (χ3n) is 2.54. The number of hydrogen-bond acceptors (Lipinski definition) is 4. The summed E-state index contributed by atoms with van der Waals surface area (Å²) in [5.41, 5.74) is 1.87. The Bertz CT molecular complexity index is 472. The summed E-state index contributed by atoms with van der Waals surface area (Å²) in [4.78, 5) is 8.32. The molecule has 0 saturated carbocycles. The van der Waals surface area contributed by atoms with E-state index in [0.29, 0.717) is 5.92 Å². The van der Waals surface area contributed by atoms with Crippen molar-refractivity contribution in [2.24, 2.45) is 13.0 Å². The molecule has 92 valence electrons. The van der Waals surface area contributed by atoms with Gasteiger partial charge < -0.3 is 14.3 Å². The van der Waals surface area contributed by atoms with E-state index in [-0.39, 0.29) is 0 Å². The Balaban J connectivity index is 2.10. The lowest BCUT2D eigenvalue weighted by Crippen LogP contribution is -2.19. The van der Waals surface area contributed by atoms with E-state index in [1.807, 2.05) is 11.6 Å². The Hall–Kier alpha value is -1.62. The largest absolute Gasteiger partial charge is 0.442 e. The van der Waals surface area contributed by atoms with Crippen LogP contribution < -0.4 is 5.32 Å². The van der Waals surface area contributed by atoms with Gasteiger partial charge in [-0.05, 0) is 12.5 Å². The fraction of sp³-hybridized carbons (Fsp3) is 0.500. The topological polar surface area (TPSA) is 55.9 Å². The number of oxazole rings is 1. The lowest BCUT2D eigenvalue weighted by atomic mass is 10.2. The van der Waals surface area contributed by atoms with Gasteiger partial charge in [-0.2, -0.15) is 0 Å². The number of hydrogen-bond donors (Lipinski definition) is 1. The summed E-state index contributed by atoms with van der Waals surface area (Å²) in [5.74, 6) is 1.42. The first-order chi connectivity index (χ1) is 8.18. The van der Waals surface area contributed by atoms with E-state index in [1.165, 1.54) is 6.39 Å². The molecular formula is C12H18N4O. The quantitative estimate of drug-likeness (QED) is 0.857. The first-order valence-corrected chi connectivity index (χ1v) is 5.78. The van der Waals surface area contributed by atoms with Gasteiger partial charge in [-0.3, -0.25) is 0 Å². The van der Waals surface area contributed by atoms with Crippen LogP contribution in [0, 0.1) is 5.92 Å². The monoisotopic (exact) mass is 234 g/mol. The molecule has 0 saturated heterocycles. The molecule has 0 amide bonds. The minimum Gasteiger partial charge on any atom is -0.442 e. The number of aromatic nitrogens is 3. The fourth-order valence-electron chi connectivity index (χ4n) is 1.66. The normalized spacial score (nSPS) is 11.3. The van der Waals surface area contributed by atoms with E-state index in [9.17, 15) is 0 Å². The van der Waals surface area contributed by atoms with E-state index >= 15 is 0 Å². The maximum absolute atomic E-state index is 5.44. The Morgan fingerprint density at radius 1 is 1.47 bits per heavy atom. The molecular weight excluding hydrogens is 216 g/mol. The second-order valence-electron chi connectivity index (χ2n) is 4.54. The summed E-state index contributed by atoms with van der Waals surface area (Å²) < 4.78 is 7.36. The number of nitrogens with zero attached hydrogens (tertiary/aromatic N) is 3. The molecule has 17 heavy (non-hydrogen) atoms. The summed E-state index contributed by atoms with van der Waals surface area (Å²) in [7, 11) is 1.94. The smallest absolute Gasteiger partial charge is 0.181 e. The average molecular weight is 234 g/mol. The molecule has 0 fully saturated rings. The molecule has 0 radical (unpaired) electrons. The Kier molecular flexibility index (Phi) is 3.58. The third kappa shape index (κ3) is 2.74. The van der Waals surface area contributed by atoms with Crippen molar-refractivity contribution in [1.82, 2.24) is 19.9 Å². The highest BCUT2D eigenvalue weighted by atomic mass is 16.3. The van der Waals surface area contributed by atoms with Crippen LogP contribution in [0.1, 0.15) is 19.5 Å². The van der Waals surface area contributed by atoms with Crippen molar-refractivity contribution in [2.45, 2.75) is 20.4 Å². The molecule has 2 rings (SSSR count). The highest BCUT2D eigenvalue weighted by Crippen LogP contribution is 2.21. The summed E-state index contributed by atoms with van der Waals surface area (Å²) in [6.45, 7) is 6.04. The fourth-order valence-corrected chi connectivity index (χ4v) is 1.66. The second-order valence-corrected chi connectivity index (χ2v) is 4.54.